The maximum atomic E-state index is 4.45. The maximum Gasteiger partial charge on any atom is 0.0979 e. The van der Waals surface area contributed by atoms with Gasteiger partial charge in [-0.15, -0.1) is 5.10 Å². The highest BCUT2D eigenvalue weighted by atomic mass is 15.5. The summed E-state index contributed by atoms with van der Waals surface area (Å²) in [6.45, 7) is 2.79. The molecule has 1 aliphatic heterocycles. The van der Waals surface area contributed by atoms with Crippen LogP contribution in [0.2, 0.25) is 0 Å². The van der Waals surface area contributed by atoms with Crippen molar-refractivity contribution in [2.24, 2.45) is 0 Å². The van der Waals surface area contributed by atoms with Crippen LogP contribution in [0.5, 0.6) is 0 Å². The fourth-order valence-electron chi connectivity index (χ4n) is 1.48. The lowest BCUT2D eigenvalue weighted by Crippen LogP contribution is -2.31. The van der Waals surface area contributed by atoms with E-state index in [-0.39, 0.29) is 0 Å². The Kier molecular flexibility index (Phi) is 2.89. The Morgan fingerprint density at radius 2 is 2.38 bits per heavy atom. The Morgan fingerprint density at radius 3 is 3.23 bits per heavy atom. The summed E-state index contributed by atoms with van der Waals surface area (Å²) >= 11 is 0. The van der Waals surface area contributed by atoms with Crippen LogP contribution in [0, 0.1) is 0 Å². The van der Waals surface area contributed by atoms with E-state index in [1.54, 1.807) is 0 Å². The van der Waals surface area contributed by atoms with Crippen LogP contribution >= 0.6 is 0 Å². The quantitative estimate of drug-likeness (QED) is 0.712. The minimum atomic E-state index is 0.788. The normalized spacial score (nSPS) is 20.0. The van der Waals surface area contributed by atoms with E-state index in [4.69, 9.17) is 0 Å². The van der Waals surface area contributed by atoms with E-state index >= 15 is 0 Å². The molecule has 0 aliphatic carbocycles. The summed E-state index contributed by atoms with van der Waals surface area (Å²) in [5.41, 5.74) is 5.41. The van der Waals surface area contributed by atoms with Crippen LogP contribution in [0.15, 0.2) is 6.20 Å². The fourth-order valence-corrected chi connectivity index (χ4v) is 1.48. The number of H-pyrrole nitrogens is 1. The summed E-state index contributed by atoms with van der Waals surface area (Å²) in [6, 6.07) is 0. The van der Waals surface area contributed by atoms with Gasteiger partial charge in [0.1, 0.15) is 0 Å². The number of aromatic amines is 1. The molecule has 0 unspecified atom stereocenters. The van der Waals surface area contributed by atoms with E-state index < -0.39 is 0 Å². The molecule has 1 radical (unpaired) electrons. The smallest absolute Gasteiger partial charge is 0.0979 e. The topological polar surface area (TPSA) is 58.9 Å². The second-order valence-electron chi connectivity index (χ2n) is 3.28. The van der Waals surface area contributed by atoms with E-state index in [9.17, 15) is 0 Å². The lowest BCUT2D eigenvalue weighted by atomic mass is 10.2. The van der Waals surface area contributed by atoms with Crippen molar-refractivity contribution in [3.63, 3.8) is 0 Å². The molecule has 0 amide bonds. The highest BCUT2D eigenvalue weighted by molar-refractivity contribution is 4.89. The molecule has 1 fully saturated rings. The molecule has 5 heteroatoms. The van der Waals surface area contributed by atoms with Gasteiger partial charge in [-0.1, -0.05) is 11.6 Å². The first-order valence-electron chi connectivity index (χ1n) is 4.73. The van der Waals surface area contributed by atoms with Crippen molar-refractivity contribution in [1.82, 2.24) is 25.8 Å². The van der Waals surface area contributed by atoms with Crippen molar-refractivity contribution in [1.29, 1.82) is 0 Å². The second kappa shape index (κ2) is 4.34. The van der Waals surface area contributed by atoms with Crippen LogP contribution in [0.4, 0.5) is 0 Å². The molecule has 13 heavy (non-hydrogen) atoms. The predicted molar refractivity (Wildman–Crippen MR) is 47.6 cm³/mol. The number of rotatable bonds is 2. The minimum Gasteiger partial charge on any atom is -0.265 e. The van der Waals surface area contributed by atoms with Crippen molar-refractivity contribution in [2.45, 2.75) is 25.8 Å². The van der Waals surface area contributed by atoms with E-state index in [0.29, 0.717) is 0 Å². The van der Waals surface area contributed by atoms with Gasteiger partial charge in [-0.2, -0.15) is 5.43 Å². The molecule has 1 aromatic rings. The van der Waals surface area contributed by atoms with E-state index in [1.165, 1.54) is 19.3 Å². The van der Waals surface area contributed by atoms with Crippen molar-refractivity contribution < 1.29 is 0 Å². The van der Waals surface area contributed by atoms with E-state index in [2.05, 4.69) is 25.8 Å². The Morgan fingerprint density at radius 1 is 1.38 bits per heavy atom. The Bertz CT molecular complexity index is 225. The molecule has 2 heterocycles. The predicted octanol–water partition coefficient (Wildman–Crippen LogP) is 0.310. The van der Waals surface area contributed by atoms with Crippen LogP contribution in [0.25, 0.3) is 0 Å². The van der Waals surface area contributed by atoms with E-state index in [1.807, 2.05) is 6.20 Å². The maximum absolute atomic E-state index is 4.45. The first kappa shape index (κ1) is 8.65. The van der Waals surface area contributed by atoms with Crippen molar-refractivity contribution in [3.05, 3.63) is 11.9 Å². The third-order valence-corrected chi connectivity index (χ3v) is 2.19. The molecule has 0 bridgehead atoms. The summed E-state index contributed by atoms with van der Waals surface area (Å²) in [7, 11) is 0. The zero-order valence-electron chi connectivity index (χ0n) is 7.61. The molecule has 0 atom stereocenters. The Hall–Kier alpha value is -0.940. The van der Waals surface area contributed by atoms with Crippen LogP contribution < -0.4 is 5.43 Å². The number of aromatic nitrogens is 3. The largest absolute Gasteiger partial charge is 0.265 e. The lowest BCUT2D eigenvalue weighted by molar-refractivity contribution is 0.182. The minimum absolute atomic E-state index is 0.788. The third-order valence-electron chi connectivity index (χ3n) is 2.19. The average Bonchev–Trinajstić information content (AvgIpc) is 2.49. The van der Waals surface area contributed by atoms with Gasteiger partial charge in [0, 0.05) is 19.3 Å². The highest BCUT2D eigenvalue weighted by Gasteiger charge is 2.10. The molecule has 5 nitrogen and oxygen atoms in total. The van der Waals surface area contributed by atoms with Gasteiger partial charge in [-0.3, -0.25) is 5.10 Å². The number of nitrogens with one attached hydrogen (secondary N) is 1. The van der Waals surface area contributed by atoms with Gasteiger partial charge in [-0.05, 0) is 12.8 Å². The van der Waals surface area contributed by atoms with Gasteiger partial charge < -0.3 is 0 Å². The molecular formula is C8H14N5. The van der Waals surface area contributed by atoms with Crippen molar-refractivity contribution in [3.8, 4) is 0 Å². The van der Waals surface area contributed by atoms with Crippen LogP contribution in [0.3, 0.4) is 0 Å². The molecule has 1 aromatic heterocycles. The SMILES string of the molecule is c1[nH]nnc1CN1CCCCC[N]1. The van der Waals surface area contributed by atoms with Gasteiger partial charge in [0.15, 0.2) is 0 Å². The molecule has 0 saturated carbocycles. The zero-order chi connectivity index (χ0) is 8.93. The van der Waals surface area contributed by atoms with Crippen molar-refractivity contribution >= 4 is 0 Å². The van der Waals surface area contributed by atoms with Gasteiger partial charge in [-0.25, -0.2) is 5.01 Å². The zero-order valence-corrected chi connectivity index (χ0v) is 7.61. The first-order valence-corrected chi connectivity index (χ1v) is 4.73. The van der Waals surface area contributed by atoms with E-state index in [0.717, 1.165) is 25.3 Å². The van der Waals surface area contributed by atoms with Crippen LogP contribution in [-0.4, -0.2) is 33.5 Å². The lowest BCUT2D eigenvalue weighted by Gasteiger charge is -2.16. The summed E-state index contributed by atoms with van der Waals surface area (Å²) in [5.74, 6) is 0. The number of hydrogen-bond donors (Lipinski definition) is 1. The molecule has 2 rings (SSSR count). The molecule has 0 spiro atoms. The third kappa shape index (κ3) is 2.50. The summed E-state index contributed by atoms with van der Waals surface area (Å²) < 4.78 is 0. The summed E-state index contributed by atoms with van der Waals surface area (Å²) in [4.78, 5) is 0. The first-order chi connectivity index (χ1) is 6.45. The molecule has 71 valence electrons. The highest BCUT2D eigenvalue weighted by Crippen LogP contribution is 2.05. The monoisotopic (exact) mass is 180 g/mol. The average molecular weight is 180 g/mol. The van der Waals surface area contributed by atoms with Crippen molar-refractivity contribution in [2.75, 3.05) is 13.1 Å². The molecule has 1 saturated heterocycles. The molecule has 0 aromatic carbocycles. The second-order valence-corrected chi connectivity index (χ2v) is 3.28. The Balaban J connectivity index is 1.86. The van der Waals surface area contributed by atoms with Crippen LogP contribution in [-0.2, 0) is 6.54 Å². The van der Waals surface area contributed by atoms with Gasteiger partial charge in [0.25, 0.3) is 0 Å². The standard InChI is InChI=1S/C8H14N5/c1-2-4-10-13(5-3-1)7-8-6-9-12-11-8/h6H,1-5,7H2,(H,9,11,12). The van der Waals surface area contributed by atoms with Gasteiger partial charge >= 0.3 is 0 Å². The summed E-state index contributed by atoms with van der Waals surface area (Å²) in [5, 5.41) is 12.4. The molecular weight excluding hydrogens is 166 g/mol. The fraction of sp³-hybridized carbons (Fsp3) is 0.750. The number of nitrogens with zero attached hydrogens (tertiary/aromatic N) is 4. The number of hydrogen-bond acceptors (Lipinski definition) is 3. The Labute approximate surface area is 77.5 Å². The van der Waals surface area contributed by atoms with Crippen LogP contribution in [0.1, 0.15) is 25.0 Å². The van der Waals surface area contributed by atoms with Gasteiger partial charge in [0.05, 0.1) is 12.2 Å². The molecule has 1 N–H and O–H groups in total. The van der Waals surface area contributed by atoms with Gasteiger partial charge in [0.2, 0.25) is 0 Å². The molecule has 1 aliphatic rings. The summed E-state index contributed by atoms with van der Waals surface area (Å²) in [6.07, 6.45) is 5.57.